The molecular weight excluding hydrogens is 296 g/mol. The average Bonchev–Trinajstić information content (AvgIpc) is 3.10. The maximum absolute atomic E-state index is 12.3. The molecule has 0 radical (unpaired) electrons. The number of thioether (sulfide) groups is 1. The van der Waals surface area contributed by atoms with Crippen molar-refractivity contribution in [3.63, 3.8) is 0 Å². The van der Waals surface area contributed by atoms with Crippen LogP contribution in [0.3, 0.4) is 0 Å². The first-order valence-corrected chi connectivity index (χ1v) is 8.70. The maximum Gasteiger partial charge on any atom is 0.232 e. The van der Waals surface area contributed by atoms with Crippen LogP contribution in [0.25, 0.3) is 0 Å². The topological polar surface area (TPSA) is 51.0 Å². The number of hydrogen-bond acceptors (Lipinski definition) is 4. The average molecular weight is 316 g/mol. The molecular formula is C16H20N4OS. The van der Waals surface area contributed by atoms with Crippen molar-refractivity contribution in [2.24, 2.45) is 0 Å². The Kier molecular flexibility index (Phi) is 5.11. The number of hydrogen-bond donors (Lipinski definition) is 0. The van der Waals surface area contributed by atoms with Crippen molar-refractivity contribution in [1.29, 1.82) is 0 Å². The number of carbonyl (C=O) groups is 1. The molecule has 3 rings (SSSR count). The van der Waals surface area contributed by atoms with E-state index in [4.69, 9.17) is 0 Å². The van der Waals surface area contributed by atoms with Gasteiger partial charge in [0.1, 0.15) is 0 Å². The van der Waals surface area contributed by atoms with Gasteiger partial charge >= 0.3 is 0 Å². The van der Waals surface area contributed by atoms with Crippen LogP contribution in [-0.4, -0.2) is 44.2 Å². The third-order valence-corrected chi connectivity index (χ3v) is 5.00. The minimum Gasteiger partial charge on any atom is -0.342 e. The lowest BCUT2D eigenvalue weighted by molar-refractivity contribution is -0.129. The van der Waals surface area contributed by atoms with E-state index in [1.807, 2.05) is 35.8 Å². The van der Waals surface area contributed by atoms with Gasteiger partial charge in [0.2, 0.25) is 5.91 Å². The largest absolute Gasteiger partial charge is 0.342 e. The van der Waals surface area contributed by atoms with E-state index < -0.39 is 0 Å². The highest BCUT2D eigenvalue weighted by molar-refractivity contribution is 7.99. The monoisotopic (exact) mass is 316 g/mol. The Morgan fingerprint density at radius 3 is 2.64 bits per heavy atom. The second-order valence-electron chi connectivity index (χ2n) is 5.47. The molecule has 116 valence electrons. The summed E-state index contributed by atoms with van der Waals surface area (Å²) in [4.78, 5) is 22.3. The third-order valence-electron chi connectivity index (χ3n) is 4.01. The van der Waals surface area contributed by atoms with Gasteiger partial charge in [0, 0.05) is 49.7 Å². The van der Waals surface area contributed by atoms with E-state index >= 15 is 0 Å². The molecule has 1 aliphatic heterocycles. The van der Waals surface area contributed by atoms with E-state index in [0.717, 1.165) is 31.7 Å². The van der Waals surface area contributed by atoms with Crippen LogP contribution in [0.15, 0.2) is 43.2 Å². The number of likely N-dealkylation sites (tertiary alicyclic amines) is 1. The summed E-state index contributed by atoms with van der Waals surface area (Å²) >= 11 is 1.67. The molecule has 0 unspecified atom stereocenters. The fourth-order valence-electron chi connectivity index (χ4n) is 2.73. The standard InChI is InChI=1S/C16H20N4OS/c21-16(12-22-11-14-1-5-17-6-2-14)19-8-3-15(4-9-19)20-10-7-18-13-20/h1-2,5-7,10,13,15H,3-4,8-9,11-12H2. The van der Waals surface area contributed by atoms with Crippen molar-refractivity contribution in [2.45, 2.75) is 24.6 Å². The number of pyridine rings is 1. The van der Waals surface area contributed by atoms with Crippen molar-refractivity contribution >= 4 is 17.7 Å². The zero-order valence-corrected chi connectivity index (χ0v) is 13.3. The molecule has 0 aromatic carbocycles. The van der Waals surface area contributed by atoms with Gasteiger partial charge in [0.15, 0.2) is 0 Å². The van der Waals surface area contributed by atoms with Gasteiger partial charge < -0.3 is 9.47 Å². The summed E-state index contributed by atoms with van der Waals surface area (Å²) < 4.78 is 2.15. The molecule has 0 N–H and O–H groups in total. The van der Waals surface area contributed by atoms with Crippen LogP contribution in [-0.2, 0) is 10.5 Å². The van der Waals surface area contributed by atoms with Crippen LogP contribution in [0.4, 0.5) is 0 Å². The van der Waals surface area contributed by atoms with E-state index in [9.17, 15) is 4.79 Å². The van der Waals surface area contributed by atoms with Crippen LogP contribution in [0.1, 0.15) is 24.4 Å². The summed E-state index contributed by atoms with van der Waals surface area (Å²) in [5.41, 5.74) is 1.21. The van der Waals surface area contributed by atoms with Crippen LogP contribution in [0.2, 0.25) is 0 Å². The highest BCUT2D eigenvalue weighted by Crippen LogP contribution is 2.22. The number of nitrogens with zero attached hydrogens (tertiary/aromatic N) is 4. The quantitative estimate of drug-likeness (QED) is 0.850. The third kappa shape index (κ3) is 3.88. The summed E-state index contributed by atoms with van der Waals surface area (Å²) in [5.74, 6) is 1.67. The van der Waals surface area contributed by atoms with Crippen LogP contribution >= 0.6 is 11.8 Å². The molecule has 2 aromatic rings. The van der Waals surface area contributed by atoms with Gasteiger partial charge in [-0.1, -0.05) is 0 Å². The highest BCUT2D eigenvalue weighted by atomic mass is 32.2. The van der Waals surface area contributed by atoms with Crippen molar-refractivity contribution in [3.05, 3.63) is 48.8 Å². The molecule has 5 nitrogen and oxygen atoms in total. The zero-order valence-electron chi connectivity index (χ0n) is 12.5. The van der Waals surface area contributed by atoms with Gasteiger partial charge in [0.05, 0.1) is 12.1 Å². The van der Waals surface area contributed by atoms with Crippen LogP contribution in [0, 0.1) is 0 Å². The molecule has 1 amide bonds. The molecule has 6 heteroatoms. The van der Waals surface area contributed by atoms with E-state index in [2.05, 4.69) is 14.5 Å². The molecule has 1 fully saturated rings. The lowest BCUT2D eigenvalue weighted by Crippen LogP contribution is -2.39. The normalized spacial score (nSPS) is 15.9. The van der Waals surface area contributed by atoms with Gasteiger partial charge in [-0.15, -0.1) is 11.8 Å². The van der Waals surface area contributed by atoms with Crippen molar-refractivity contribution in [3.8, 4) is 0 Å². The molecule has 1 saturated heterocycles. The lowest BCUT2D eigenvalue weighted by atomic mass is 10.1. The molecule has 0 atom stereocenters. The second-order valence-corrected chi connectivity index (χ2v) is 6.46. The summed E-state index contributed by atoms with van der Waals surface area (Å²) in [6, 6.07) is 4.47. The fraction of sp³-hybridized carbons (Fsp3) is 0.438. The number of amides is 1. The van der Waals surface area contributed by atoms with Crippen molar-refractivity contribution in [1.82, 2.24) is 19.4 Å². The number of piperidine rings is 1. The molecule has 2 aromatic heterocycles. The van der Waals surface area contributed by atoms with Gasteiger partial charge in [-0.25, -0.2) is 4.98 Å². The van der Waals surface area contributed by atoms with E-state index in [0.29, 0.717) is 11.8 Å². The van der Waals surface area contributed by atoms with Gasteiger partial charge in [-0.3, -0.25) is 9.78 Å². The Morgan fingerprint density at radius 1 is 1.18 bits per heavy atom. The first-order chi connectivity index (χ1) is 10.8. The predicted molar refractivity (Wildman–Crippen MR) is 87.5 cm³/mol. The highest BCUT2D eigenvalue weighted by Gasteiger charge is 2.23. The molecule has 0 saturated carbocycles. The Morgan fingerprint density at radius 2 is 1.95 bits per heavy atom. The Hall–Kier alpha value is -1.82. The molecule has 22 heavy (non-hydrogen) atoms. The summed E-state index contributed by atoms with van der Waals surface area (Å²) in [6.45, 7) is 1.69. The number of rotatable bonds is 5. The molecule has 1 aliphatic rings. The van der Waals surface area contributed by atoms with E-state index in [-0.39, 0.29) is 5.91 Å². The molecule has 0 bridgehead atoms. The maximum atomic E-state index is 12.3. The number of carbonyl (C=O) groups excluding carboxylic acids is 1. The predicted octanol–water partition coefficient (Wildman–Crippen LogP) is 2.38. The number of aromatic nitrogens is 3. The van der Waals surface area contributed by atoms with Crippen molar-refractivity contribution < 1.29 is 4.79 Å². The Bertz CT molecular complexity index is 579. The van der Waals surface area contributed by atoms with Crippen molar-refractivity contribution in [2.75, 3.05) is 18.8 Å². The summed E-state index contributed by atoms with van der Waals surface area (Å²) in [6.07, 6.45) is 11.3. The van der Waals surface area contributed by atoms with Gasteiger partial charge in [-0.2, -0.15) is 0 Å². The second kappa shape index (κ2) is 7.45. The molecule has 0 aliphatic carbocycles. The first-order valence-electron chi connectivity index (χ1n) is 7.55. The minimum absolute atomic E-state index is 0.253. The van der Waals surface area contributed by atoms with Crippen LogP contribution in [0.5, 0.6) is 0 Å². The Balaban J connectivity index is 1.40. The summed E-state index contributed by atoms with van der Waals surface area (Å²) in [5, 5.41) is 0. The number of imidazole rings is 1. The minimum atomic E-state index is 0.253. The molecule has 0 spiro atoms. The zero-order chi connectivity index (χ0) is 15.2. The fourth-order valence-corrected chi connectivity index (χ4v) is 3.61. The van der Waals surface area contributed by atoms with Crippen LogP contribution < -0.4 is 0 Å². The van der Waals surface area contributed by atoms with Gasteiger partial charge in [0.25, 0.3) is 0 Å². The first kappa shape index (κ1) is 15.1. The van der Waals surface area contributed by atoms with Gasteiger partial charge in [-0.05, 0) is 30.5 Å². The molecule has 3 heterocycles. The van der Waals surface area contributed by atoms with E-state index in [1.165, 1.54) is 5.56 Å². The SMILES string of the molecule is O=C(CSCc1ccncc1)N1CCC(n2ccnc2)CC1. The Labute approximate surface area is 134 Å². The van der Waals surface area contributed by atoms with E-state index in [1.54, 1.807) is 24.2 Å². The smallest absolute Gasteiger partial charge is 0.232 e. The lowest BCUT2D eigenvalue weighted by Gasteiger charge is -2.32. The summed E-state index contributed by atoms with van der Waals surface area (Å²) in [7, 11) is 0.